The molecule has 0 saturated carbocycles. The number of carbonyl (C=O) groups is 1. The summed E-state index contributed by atoms with van der Waals surface area (Å²) in [7, 11) is -3.87. The topological polar surface area (TPSA) is 90.3 Å². The molecule has 1 N–H and O–H groups in total. The van der Waals surface area contributed by atoms with Crippen LogP contribution in [0.1, 0.15) is 19.3 Å². The Morgan fingerprint density at radius 3 is 2.56 bits per heavy atom. The molecule has 1 aromatic rings. The van der Waals surface area contributed by atoms with E-state index in [0.29, 0.717) is 6.42 Å². The maximum atomic E-state index is 13.2. The minimum absolute atomic E-state index is 0.0380. The predicted molar refractivity (Wildman–Crippen MR) is 88.9 cm³/mol. The number of alkyl halides is 3. The van der Waals surface area contributed by atoms with Crippen LogP contribution in [0, 0.1) is 5.92 Å². The maximum absolute atomic E-state index is 13.2. The maximum Gasteiger partial charge on any atom is 0.438 e. The van der Waals surface area contributed by atoms with Crippen molar-refractivity contribution in [2.24, 2.45) is 11.0 Å². The van der Waals surface area contributed by atoms with Crippen molar-refractivity contribution < 1.29 is 31.5 Å². The van der Waals surface area contributed by atoms with Crippen molar-refractivity contribution in [3.05, 3.63) is 30.3 Å². The molecule has 2 heterocycles. The molecule has 2 aliphatic heterocycles. The van der Waals surface area contributed by atoms with Crippen LogP contribution in [0.2, 0.25) is 0 Å². The molecule has 148 valence electrons. The monoisotopic (exact) mass is 405 g/mol. The van der Waals surface area contributed by atoms with Gasteiger partial charge in [-0.05, 0) is 25.0 Å². The first-order valence-corrected chi connectivity index (χ1v) is 9.72. The first-order chi connectivity index (χ1) is 12.6. The zero-order valence-electron chi connectivity index (χ0n) is 14.1. The van der Waals surface area contributed by atoms with Gasteiger partial charge in [0.2, 0.25) is 15.9 Å². The predicted octanol–water partition coefficient (Wildman–Crippen LogP) is 1.56. The molecule has 7 nitrogen and oxygen atoms in total. The van der Waals surface area contributed by atoms with Crippen molar-refractivity contribution in [1.82, 2.24) is 9.31 Å². The van der Waals surface area contributed by atoms with Crippen molar-refractivity contribution in [2.75, 3.05) is 13.1 Å². The molecule has 0 bridgehead atoms. The molecule has 27 heavy (non-hydrogen) atoms. The van der Waals surface area contributed by atoms with Crippen LogP contribution < -0.4 is 0 Å². The Bertz CT molecular complexity index is 844. The highest BCUT2D eigenvalue weighted by Crippen LogP contribution is 2.40. The lowest BCUT2D eigenvalue weighted by atomic mass is 9.97. The number of nitrogens with zero attached hydrogens (tertiary/aromatic N) is 3. The van der Waals surface area contributed by atoms with Gasteiger partial charge >= 0.3 is 6.18 Å². The molecular weight excluding hydrogens is 387 g/mol. The minimum atomic E-state index is -5.08. The van der Waals surface area contributed by atoms with Crippen molar-refractivity contribution in [1.29, 1.82) is 0 Å². The van der Waals surface area contributed by atoms with Crippen LogP contribution in [0.3, 0.4) is 0 Å². The van der Waals surface area contributed by atoms with Gasteiger partial charge in [-0.3, -0.25) is 4.79 Å². The number of halogens is 3. The standard InChI is InChI=1S/C16H18F3N3O4S/c17-16(18,19)15(24)8-9-20-22(15)14(23)12-5-4-10-21(11-12)27(25,26)13-6-2-1-3-7-13/h1-3,6-7,9,12,24H,4-5,8,10-11H2/t12-,15+/m0/s1. The van der Waals surface area contributed by atoms with E-state index in [4.69, 9.17) is 0 Å². The fourth-order valence-corrected chi connectivity index (χ4v) is 4.73. The minimum Gasteiger partial charge on any atom is -0.362 e. The van der Waals surface area contributed by atoms with Gasteiger partial charge in [0.25, 0.3) is 5.72 Å². The Kier molecular flexibility index (Phi) is 5.04. The van der Waals surface area contributed by atoms with Gasteiger partial charge in [-0.25, -0.2) is 8.42 Å². The van der Waals surface area contributed by atoms with Gasteiger partial charge in [0.1, 0.15) is 0 Å². The number of hydrogen-bond acceptors (Lipinski definition) is 5. The summed E-state index contributed by atoms with van der Waals surface area (Å²) in [6, 6.07) is 7.59. The van der Waals surface area contributed by atoms with Gasteiger partial charge in [-0.2, -0.15) is 27.6 Å². The van der Waals surface area contributed by atoms with Crippen LogP contribution in [-0.4, -0.2) is 60.0 Å². The smallest absolute Gasteiger partial charge is 0.362 e. The van der Waals surface area contributed by atoms with E-state index in [1.54, 1.807) is 18.2 Å². The SMILES string of the molecule is O=C([C@H]1CCCN(S(=O)(=O)c2ccccc2)C1)N1N=CC[C@@]1(O)C(F)(F)F. The van der Waals surface area contributed by atoms with Crippen LogP contribution in [0.15, 0.2) is 40.3 Å². The molecule has 0 aromatic heterocycles. The van der Waals surface area contributed by atoms with Crippen molar-refractivity contribution in [3.63, 3.8) is 0 Å². The Balaban J connectivity index is 1.81. The molecule has 0 radical (unpaired) electrons. The summed E-state index contributed by atoms with van der Waals surface area (Å²) in [5, 5.41) is 13.4. The second-order valence-corrected chi connectivity index (χ2v) is 8.42. The number of amides is 1. The van der Waals surface area contributed by atoms with Crippen molar-refractivity contribution >= 4 is 22.1 Å². The summed E-state index contributed by atoms with van der Waals surface area (Å²) >= 11 is 0. The number of carbonyl (C=O) groups excluding carboxylic acids is 1. The van der Waals surface area contributed by atoms with E-state index in [9.17, 15) is 31.5 Å². The van der Waals surface area contributed by atoms with Gasteiger partial charge in [-0.1, -0.05) is 18.2 Å². The molecule has 11 heteroatoms. The average Bonchev–Trinajstić information content (AvgIpc) is 3.05. The first-order valence-electron chi connectivity index (χ1n) is 8.28. The zero-order chi connectivity index (χ0) is 19.9. The fraction of sp³-hybridized carbons (Fsp3) is 0.500. The van der Waals surface area contributed by atoms with Gasteiger partial charge in [-0.15, -0.1) is 0 Å². The van der Waals surface area contributed by atoms with Crippen LogP contribution in [0.4, 0.5) is 13.2 Å². The normalized spacial score (nSPS) is 27.1. The third kappa shape index (κ3) is 3.46. The summed E-state index contributed by atoms with van der Waals surface area (Å²) in [5.74, 6) is -2.07. The molecule has 1 amide bonds. The molecule has 1 aromatic carbocycles. The Morgan fingerprint density at radius 1 is 1.26 bits per heavy atom. The van der Waals surface area contributed by atoms with E-state index in [1.807, 2.05) is 0 Å². The van der Waals surface area contributed by atoms with E-state index in [0.717, 1.165) is 10.5 Å². The second-order valence-electron chi connectivity index (χ2n) is 6.48. The van der Waals surface area contributed by atoms with Crippen LogP contribution in [0.25, 0.3) is 0 Å². The molecule has 0 spiro atoms. The number of benzene rings is 1. The van der Waals surface area contributed by atoms with E-state index in [-0.39, 0.29) is 29.4 Å². The summed E-state index contributed by atoms with van der Waals surface area (Å²) in [6.07, 6.45) is -4.60. The molecule has 2 atom stereocenters. The summed E-state index contributed by atoms with van der Waals surface area (Å²) < 4.78 is 66.0. The van der Waals surface area contributed by atoms with Gasteiger partial charge in [0.15, 0.2) is 0 Å². The quantitative estimate of drug-likeness (QED) is 0.826. The number of hydrogen-bond donors (Lipinski definition) is 1. The van der Waals surface area contributed by atoms with Crippen LogP contribution >= 0.6 is 0 Å². The number of aliphatic hydroxyl groups is 1. The molecular formula is C16H18F3N3O4S. The lowest BCUT2D eigenvalue weighted by Gasteiger charge is -2.37. The average molecular weight is 405 g/mol. The van der Waals surface area contributed by atoms with Crippen molar-refractivity contribution in [2.45, 2.75) is 36.1 Å². The summed E-state index contributed by atoms with van der Waals surface area (Å²) in [5.41, 5.74) is -3.40. The number of rotatable bonds is 3. The third-order valence-corrected chi connectivity index (χ3v) is 6.58. The zero-order valence-corrected chi connectivity index (χ0v) is 14.9. The number of piperidine rings is 1. The number of hydrazone groups is 1. The van der Waals surface area contributed by atoms with E-state index < -0.39 is 40.2 Å². The largest absolute Gasteiger partial charge is 0.438 e. The van der Waals surface area contributed by atoms with E-state index in [2.05, 4.69) is 5.10 Å². The highest BCUT2D eigenvalue weighted by atomic mass is 32.2. The number of sulfonamides is 1. The second kappa shape index (κ2) is 6.88. The van der Waals surface area contributed by atoms with E-state index >= 15 is 0 Å². The molecule has 1 fully saturated rings. The van der Waals surface area contributed by atoms with Gasteiger partial charge in [0, 0.05) is 25.7 Å². The van der Waals surface area contributed by atoms with Crippen LogP contribution in [0.5, 0.6) is 0 Å². The molecule has 0 unspecified atom stereocenters. The summed E-state index contributed by atoms with van der Waals surface area (Å²) in [6.45, 7) is -0.107. The third-order valence-electron chi connectivity index (χ3n) is 4.70. The molecule has 2 aliphatic rings. The first kappa shape index (κ1) is 19.8. The summed E-state index contributed by atoms with van der Waals surface area (Å²) in [4.78, 5) is 12.6. The lowest BCUT2D eigenvalue weighted by molar-refractivity contribution is -0.303. The highest BCUT2D eigenvalue weighted by molar-refractivity contribution is 7.89. The fourth-order valence-electron chi connectivity index (χ4n) is 3.18. The Morgan fingerprint density at radius 2 is 1.93 bits per heavy atom. The van der Waals surface area contributed by atoms with E-state index in [1.165, 1.54) is 12.1 Å². The molecule has 3 rings (SSSR count). The molecule has 0 aliphatic carbocycles. The van der Waals surface area contributed by atoms with Gasteiger partial charge in [0.05, 0.1) is 10.8 Å². The lowest BCUT2D eigenvalue weighted by Crippen LogP contribution is -2.58. The van der Waals surface area contributed by atoms with Crippen molar-refractivity contribution in [3.8, 4) is 0 Å². The van der Waals surface area contributed by atoms with Crippen LogP contribution in [-0.2, 0) is 14.8 Å². The Labute approximate surface area is 154 Å². The Hall–Kier alpha value is -1.98. The highest BCUT2D eigenvalue weighted by Gasteiger charge is 2.62. The molecule has 1 saturated heterocycles. The van der Waals surface area contributed by atoms with Gasteiger partial charge < -0.3 is 5.11 Å².